The summed E-state index contributed by atoms with van der Waals surface area (Å²) in [6.07, 6.45) is 2.67. The van der Waals surface area contributed by atoms with E-state index in [-0.39, 0.29) is 24.4 Å². The van der Waals surface area contributed by atoms with E-state index < -0.39 is 9.85 Å². The number of nitrogens with zero attached hydrogens (tertiary/aromatic N) is 6. The van der Waals surface area contributed by atoms with Crippen molar-refractivity contribution in [3.05, 3.63) is 44.0 Å². The molecule has 12 heteroatoms. The number of nitro groups is 2. The van der Waals surface area contributed by atoms with Crippen molar-refractivity contribution in [2.45, 2.75) is 12.5 Å². The zero-order valence-corrected chi connectivity index (χ0v) is 12.5. The quantitative estimate of drug-likeness (QED) is 0.497. The topological polar surface area (TPSA) is 142 Å². The monoisotopic (exact) mass is 332 g/mol. The molecule has 22 heavy (non-hydrogen) atoms. The third-order valence-corrected chi connectivity index (χ3v) is 3.02. The molecule has 2 aromatic rings. The maximum atomic E-state index is 10.2. The van der Waals surface area contributed by atoms with E-state index in [0.29, 0.717) is 11.4 Å². The van der Waals surface area contributed by atoms with Crippen LogP contribution >= 0.6 is 11.6 Å². The van der Waals surface area contributed by atoms with Gasteiger partial charge in [-0.1, -0.05) is 9.97 Å². The van der Waals surface area contributed by atoms with Gasteiger partial charge >= 0.3 is 11.9 Å². The zero-order chi connectivity index (χ0) is 16.9. The van der Waals surface area contributed by atoms with Crippen LogP contribution in [-0.2, 0) is 26.6 Å². The van der Waals surface area contributed by atoms with Gasteiger partial charge in [-0.3, -0.25) is 0 Å². The number of alkyl halides is 1. The van der Waals surface area contributed by atoms with E-state index in [1.165, 1.54) is 28.6 Å². The van der Waals surface area contributed by atoms with Crippen molar-refractivity contribution in [3.8, 4) is 0 Å². The van der Waals surface area contributed by atoms with Crippen molar-refractivity contribution in [1.29, 1.82) is 0 Å². The van der Waals surface area contributed by atoms with E-state index in [1.807, 2.05) is 0 Å². The summed E-state index contributed by atoms with van der Waals surface area (Å²) in [7, 11) is 3.04. The van der Waals surface area contributed by atoms with Gasteiger partial charge in [0.15, 0.2) is 0 Å². The predicted molar refractivity (Wildman–Crippen MR) is 75.2 cm³/mol. The molecular formula is C10H13ClN6O5. The van der Waals surface area contributed by atoms with Gasteiger partial charge in [-0.05, 0) is 9.85 Å². The molecule has 0 spiro atoms. The van der Waals surface area contributed by atoms with Gasteiger partial charge in [0.25, 0.3) is 0 Å². The van der Waals surface area contributed by atoms with Crippen LogP contribution in [0.1, 0.15) is 11.4 Å². The normalized spacial score (nSPS) is 10.0. The SMILES string of the molecule is Cn1c(CCl)cnc1[N+](=O)[O-].Cn1c(CO)cnc1[N+](=O)[O-]. The number of imidazole rings is 2. The van der Waals surface area contributed by atoms with Crippen LogP contribution in [0.4, 0.5) is 11.9 Å². The lowest BCUT2D eigenvalue weighted by Gasteiger charge is -1.94. The lowest BCUT2D eigenvalue weighted by atomic mass is 10.5. The van der Waals surface area contributed by atoms with Crippen molar-refractivity contribution >= 4 is 23.5 Å². The second kappa shape index (κ2) is 7.47. The van der Waals surface area contributed by atoms with E-state index in [0.717, 1.165) is 0 Å². The average molecular weight is 333 g/mol. The molecule has 2 rings (SSSR count). The molecule has 0 aliphatic carbocycles. The van der Waals surface area contributed by atoms with Crippen molar-refractivity contribution < 1.29 is 15.0 Å². The molecule has 0 aromatic carbocycles. The number of rotatable bonds is 4. The summed E-state index contributed by atoms with van der Waals surface area (Å²) in [6.45, 7) is -0.239. The summed E-state index contributed by atoms with van der Waals surface area (Å²) in [5, 5.41) is 29.1. The molecule has 0 atom stereocenters. The third kappa shape index (κ3) is 3.77. The molecular weight excluding hydrogens is 320 g/mol. The fourth-order valence-corrected chi connectivity index (χ4v) is 1.73. The van der Waals surface area contributed by atoms with Crippen LogP contribution in [0, 0.1) is 20.2 Å². The zero-order valence-electron chi connectivity index (χ0n) is 11.7. The number of hydrogen-bond acceptors (Lipinski definition) is 7. The van der Waals surface area contributed by atoms with Crippen LogP contribution in [0.25, 0.3) is 0 Å². The minimum atomic E-state index is -0.598. The molecule has 1 N–H and O–H groups in total. The van der Waals surface area contributed by atoms with Gasteiger partial charge in [-0.2, -0.15) is 0 Å². The molecule has 0 aliphatic heterocycles. The Hall–Kier alpha value is -2.53. The van der Waals surface area contributed by atoms with Crippen LogP contribution in [0.2, 0.25) is 0 Å². The first-order chi connectivity index (χ1) is 10.3. The second-order valence-electron chi connectivity index (χ2n) is 4.02. The van der Waals surface area contributed by atoms with E-state index in [1.54, 1.807) is 7.05 Å². The molecule has 11 nitrogen and oxygen atoms in total. The van der Waals surface area contributed by atoms with Crippen molar-refractivity contribution in [2.75, 3.05) is 0 Å². The third-order valence-electron chi connectivity index (χ3n) is 2.75. The highest BCUT2D eigenvalue weighted by atomic mass is 35.5. The van der Waals surface area contributed by atoms with E-state index in [4.69, 9.17) is 16.7 Å². The summed E-state index contributed by atoms with van der Waals surface area (Å²) in [5.41, 5.74) is 1.06. The molecule has 2 heterocycles. The molecule has 0 radical (unpaired) electrons. The first-order valence-electron chi connectivity index (χ1n) is 5.80. The van der Waals surface area contributed by atoms with Crippen LogP contribution in [0.5, 0.6) is 0 Å². The van der Waals surface area contributed by atoms with E-state index in [9.17, 15) is 20.2 Å². The molecule has 120 valence electrons. The number of aliphatic hydroxyl groups excluding tert-OH is 1. The Morgan fingerprint density at radius 2 is 1.50 bits per heavy atom. The maximum Gasteiger partial charge on any atom is 0.434 e. The van der Waals surface area contributed by atoms with Crippen LogP contribution in [0.15, 0.2) is 12.4 Å². The van der Waals surface area contributed by atoms with Crippen molar-refractivity contribution in [3.63, 3.8) is 0 Å². The highest BCUT2D eigenvalue weighted by Gasteiger charge is 2.16. The predicted octanol–water partition coefficient (Wildman–Crippen LogP) is 0.888. The number of halogens is 1. The smallest absolute Gasteiger partial charge is 0.390 e. The Bertz CT molecular complexity index is 623. The van der Waals surface area contributed by atoms with Gasteiger partial charge in [0.2, 0.25) is 0 Å². The summed E-state index contributed by atoms with van der Waals surface area (Å²) in [6, 6.07) is 0. The Balaban J connectivity index is 0.000000220. The fraction of sp³-hybridized carbons (Fsp3) is 0.400. The molecule has 0 amide bonds. The summed E-state index contributed by atoms with van der Waals surface area (Å²) in [4.78, 5) is 26.3. The molecule has 0 bridgehead atoms. The van der Waals surface area contributed by atoms with Gasteiger partial charge in [0, 0.05) is 0 Å². The van der Waals surface area contributed by atoms with Gasteiger partial charge < -0.3 is 25.3 Å². The van der Waals surface area contributed by atoms with E-state index >= 15 is 0 Å². The molecule has 0 fully saturated rings. The highest BCUT2D eigenvalue weighted by molar-refractivity contribution is 6.16. The van der Waals surface area contributed by atoms with Crippen LogP contribution < -0.4 is 0 Å². The number of aliphatic hydroxyl groups is 1. The Morgan fingerprint density at radius 1 is 1.09 bits per heavy atom. The van der Waals surface area contributed by atoms with Gasteiger partial charge in [-0.25, -0.2) is 9.13 Å². The molecule has 2 aromatic heterocycles. The average Bonchev–Trinajstić information content (AvgIpc) is 3.02. The maximum absolute atomic E-state index is 10.2. The van der Waals surface area contributed by atoms with E-state index in [2.05, 4.69) is 9.97 Å². The first kappa shape index (κ1) is 17.5. The molecule has 0 aliphatic rings. The minimum absolute atomic E-state index is 0.180. The van der Waals surface area contributed by atoms with Gasteiger partial charge in [0.05, 0.1) is 20.0 Å². The number of aromatic nitrogens is 4. The largest absolute Gasteiger partial charge is 0.434 e. The lowest BCUT2D eigenvalue weighted by Crippen LogP contribution is -2.01. The molecule has 0 saturated heterocycles. The Kier molecular flexibility index (Phi) is 5.95. The fourth-order valence-electron chi connectivity index (χ4n) is 1.48. The second-order valence-corrected chi connectivity index (χ2v) is 4.29. The summed E-state index contributed by atoms with van der Waals surface area (Å²) < 4.78 is 2.59. The van der Waals surface area contributed by atoms with Gasteiger partial charge in [0.1, 0.15) is 30.4 Å². The van der Waals surface area contributed by atoms with Crippen LogP contribution in [0.3, 0.4) is 0 Å². The highest BCUT2D eigenvalue weighted by Crippen LogP contribution is 2.11. The summed E-state index contributed by atoms with van der Waals surface area (Å²) in [5.74, 6) is -0.202. The van der Waals surface area contributed by atoms with Crippen molar-refractivity contribution in [2.24, 2.45) is 14.1 Å². The standard InChI is InChI=1S/C5H6ClN3O2.C5H7N3O3/c1-8-4(2-6)3-7-5(8)9(10)11;1-7-4(3-9)2-6-5(7)8(10)11/h3H,2H2,1H3;2,9H,3H2,1H3. The lowest BCUT2D eigenvalue weighted by molar-refractivity contribution is -0.396. The first-order valence-corrected chi connectivity index (χ1v) is 6.33. The minimum Gasteiger partial charge on any atom is -0.390 e. The van der Waals surface area contributed by atoms with Gasteiger partial charge in [-0.15, -0.1) is 11.6 Å². The van der Waals surface area contributed by atoms with Crippen LogP contribution in [-0.4, -0.2) is 34.1 Å². The Labute approximate surface area is 129 Å². The Morgan fingerprint density at radius 3 is 1.73 bits per heavy atom. The summed E-state index contributed by atoms with van der Waals surface area (Å²) >= 11 is 5.47. The molecule has 0 unspecified atom stereocenters. The number of hydrogen-bond donors (Lipinski definition) is 1. The van der Waals surface area contributed by atoms with Crippen molar-refractivity contribution in [1.82, 2.24) is 19.1 Å². The molecule has 0 saturated carbocycles.